The molecule has 0 fully saturated rings. The van der Waals surface area contributed by atoms with Crippen LogP contribution in [0.3, 0.4) is 0 Å². The minimum absolute atomic E-state index is 0.0425. The quantitative estimate of drug-likeness (QED) is 0.256. The number of amides is 2. The molecule has 7 heteroatoms. The summed E-state index contributed by atoms with van der Waals surface area (Å²) >= 11 is 0. The van der Waals surface area contributed by atoms with Crippen LogP contribution in [0, 0.1) is 0 Å². The molecule has 1 aromatic rings. The standard InChI is InChI=1S/C9H10N6O/c10-9(16)14-13-8(6-12-15-11)7-4-2-1-3-5-7/h1-5H,6H2,(H3,10,14,16). The maximum absolute atomic E-state index is 10.5. The average Bonchev–Trinajstić information content (AvgIpc) is 2.30. The molecule has 0 aliphatic heterocycles. The second kappa shape index (κ2) is 6.05. The van der Waals surface area contributed by atoms with Crippen molar-refractivity contribution < 1.29 is 4.79 Å². The zero-order valence-electron chi connectivity index (χ0n) is 8.37. The Balaban J connectivity index is 2.91. The minimum Gasteiger partial charge on any atom is -0.350 e. The van der Waals surface area contributed by atoms with E-state index in [0.29, 0.717) is 5.71 Å². The Morgan fingerprint density at radius 1 is 1.44 bits per heavy atom. The van der Waals surface area contributed by atoms with Gasteiger partial charge >= 0.3 is 6.03 Å². The van der Waals surface area contributed by atoms with E-state index < -0.39 is 6.03 Å². The number of carbonyl (C=O) groups excluding carboxylic acids is 1. The number of benzene rings is 1. The van der Waals surface area contributed by atoms with E-state index in [-0.39, 0.29) is 6.54 Å². The highest BCUT2D eigenvalue weighted by Gasteiger charge is 2.02. The first-order chi connectivity index (χ1) is 7.74. The van der Waals surface area contributed by atoms with Gasteiger partial charge in [-0.15, -0.1) is 0 Å². The van der Waals surface area contributed by atoms with Crippen molar-refractivity contribution in [3.8, 4) is 0 Å². The number of hydrogen-bond acceptors (Lipinski definition) is 3. The van der Waals surface area contributed by atoms with Gasteiger partial charge in [-0.2, -0.15) is 5.10 Å². The first kappa shape index (κ1) is 11.5. The lowest BCUT2D eigenvalue weighted by Crippen LogP contribution is -2.26. The van der Waals surface area contributed by atoms with Gasteiger partial charge in [0.2, 0.25) is 0 Å². The normalized spacial score (nSPS) is 10.4. The van der Waals surface area contributed by atoms with E-state index >= 15 is 0 Å². The lowest BCUT2D eigenvalue weighted by Gasteiger charge is -2.02. The fourth-order valence-electron chi connectivity index (χ4n) is 1.04. The predicted molar refractivity (Wildman–Crippen MR) is 59.7 cm³/mol. The van der Waals surface area contributed by atoms with Gasteiger partial charge in [0, 0.05) is 4.91 Å². The van der Waals surface area contributed by atoms with Crippen molar-refractivity contribution >= 4 is 11.7 Å². The molecule has 0 heterocycles. The summed E-state index contributed by atoms with van der Waals surface area (Å²) in [6.45, 7) is 0.0425. The molecule has 0 saturated carbocycles. The Kier molecular flexibility index (Phi) is 4.36. The van der Waals surface area contributed by atoms with Gasteiger partial charge in [-0.3, -0.25) is 0 Å². The SMILES string of the molecule is [N-]=[N+]=NCC(=NNC(N)=O)c1ccccc1. The topological polar surface area (TPSA) is 116 Å². The number of carbonyl (C=O) groups is 1. The highest BCUT2D eigenvalue weighted by atomic mass is 16.2. The van der Waals surface area contributed by atoms with Crippen molar-refractivity contribution in [2.75, 3.05) is 6.54 Å². The van der Waals surface area contributed by atoms with Crippen LogP contribution in [0.15, 0.2) is 40.5 Å². The maximum Gasteiger partial charge on any atom is 0.332 e. The Labute approximate surface area is 91.6 Å². The van der Waals surface area contributed by atoms with Gasteiger partial charge in [-0.1, -0.05) is 35.4 Å². The van der Waals surface area contributed by atoms with Crippen molar-refractivity contribution in [3.63, 3.8) is 0 Å². The van der Waals surface area contributed by atoms with Crippen LogP contribution in [0.2, 0.25) is 0 Å². The summed E-state index contributed by atoms with van der Waals surface area (Å²) in [5, 5.41) is 7.14. The van der Waals surface area contributed by atoms with Crippen molar-refractivity contribution in [2.24, 2.45) is 15.9 Å². The van der Waals surface area contributed by atoms with Crippen LogP contribution < -0.4 is 11.2 Å². The smallest absolute Gasteiger partial charge is 0.332 e. The second-order valence-corrected chi connectivity index (χ2v) is 2.79. The Morgan fingerprint density at radius 2 is 2.12 bits per heavy atom. The van der Waals surface area contributed by atoms with Crippen molar-refractivity contribution in [1.29, 1.82) is 0 Å². The van der Waals surface area contributed by atoms with Gasteiger partial charge in [0.25, 0.3) is 0 Å². The summed E-state index contributed by atoms with van der Waals surface area (Å²) in [7, 11) is 0. The molecule has 7 nitrogen and oxygen atoms in total. The van der Waals surface area contributed by atoms with Crippen LogP contribution >= 0.6 is 0 Å². The molecular weight excluding hydrogens is 208 g/mol. The molecule has 3 N–H and O–H groups in total. The number of nitrogens with two attached hydrogens (primary N) is 1. The Morgan fingerprint density at radius 3 is 2.69 bits per heavy atom. The molecule has 0 bridgehead atoms. The number of nitrogens with one attached hydrogen (secondary N) is 1. The van der Waals surface area contributed by atoms with Gasteiger partial charge in [0.1, 0.15) is 0 Å². The van der Waals surface area contributed by atoms with Gasteiger partial charge in [0.15, 0.2) is 0 Å². The monoisotopic (exact) mass is 218 g/mol. The predicted octanol–water partition coefficient (Wildman–Crippen LogP) is 1.37. The van der Waals surface area contributed by atoms with Crippen molar-refractivity contribution in [3.05, 3.63) is 46.3 Å². The Hall–Kier alpha value is -2.53. The number of hydrogen-bond donors (Lipinski definition) is 2. The molecule has 1 aromatic carbocycles. The van der Waals surface area contributed by atoms with E-state index in [4.69, 9.17) is 11.3 Å². The molecule has 0 aliphatic carbocycles. The zero-order chi connectivity index (χ0) is 11.8. The summed E-state index contributed by atoms with van der Waals surface area (Å²) in [5.74, 6) is 0. The first-order valence-electron chi connectivity index (χ1n) is 4.42. The Bertz CT molecular complexity index is 435. The van der Waals surface area contributed by atoms with Crippen LogP contribution in [0.25, 0.3) is 10.4 Å². The van der Waals surface area contributed by atoms with Crippen LogP contribution in [0.5, 0.6) is 0 Å². The molecule has 82 valence electrons. The van der Waals surface area contributed by atoms with E-state index in [1.54, 1.807) is 12.1 Å². The molecule has 0 radical (unpaired) electrons. The van der Waals surface area contributed by atoms with Crippen molar-refractivity contribution in [1.82, 2.24) is 5.43 Å². The maximum atomic E-state index is 10.5. The summed E-state index contributed by atoms with van der Waals surface area (Å²) < 4.78 is 0. The van der Waals surface area contributed by atoms with Crippen LogP contribution in [0.1, 0.15) is 5.56 Å². The summed E-state index contributed by atoms with van der Waals surface area (Å²) in [5.41, 5.74) is 16.4. The fraction of sp³-hybridized carbons (Fsp3) is 0.111. The third kappa shape index (κ3) is 3.69. The number of hydrazone groups is 1. The molecule has 0 unspecified atom stereocenters. The molecule has 0 spiro atoms. The van der Waals surface area contributed by atoms with Gasteiger partial charge in [0.05, 0.1) is 12.3 Å². The summed E-state index contributed by atoms with van der Waals surface area (Å²) in [4.78, 5) is 13.1. The molecule has 0 saturated heterocycles. The average molecular weight is 218 g/mol. The van der Waals surface area contributed by atoms with Crippen LogP contribution in [-0.4, -0.2) is 18.3 Å². The van der Waals surface area contributed by atoms with Crippen LogP contribution in [0.4, 0.5) is 4.79 Å². The lowest BCUT2D eigenvalue weighted by atomic mass is 10.1. The summed E-state index contributed by atoms with van der Waals surface area (Å²) in [6.07, 6.45) is 0. The second-order valence-electron chi connectivity index (χ2n) is 2.79. The minimum atomic E-state index is -0.769. The fourth-order valence-corrected chi connectivity index (χ4v) is 1.04. The van der Waals surface area contributed by atoms with E-state index in [1.165, 1.54) is 0 Å². The van der Waals surface area contributed by atoms with Crippen LogP contribution in [-0.2, 0) is 0 Å². The third-order valence-corrected chi connectivity index (χ3v) is 1.69. The van der Waals surface area contributed by atoms with E-state index in [0.717, 1.165) is 5.56 Å². The third-order valence-electron chi connectivity index (χ3n) is 1.69. The van der Waals surface area contributed by atoms with Gasteiger partial charge in [-0.25, -0.2) is 10.2 Å². The molecule has 16 heavy (non-hydrogen) atoms. The molecule has 0 aromatic heterocycles. The zero-order valence-corrected chi connectivity index (χ0v) is 8.37. The molecular formula is C9H10N6O. The molecule has 0 atom stereocenters. The molecule has 2 amide bonds. The largest absolute Gasteiger partial charge is 0.350 e. The lowest BCUT2D eigenvalue weighted by molar-refractivity contribution is 0.249. The molecule has 0 aliphatic rings. The van der Waals surface area contributed by atoms with Gasteiger partial charge in [-0.05, 0) is 11.1 Å². The number of rotatable bonds is 4. The van der Waals surface area contributed by atoms with Gasteiger partial charge < -0.3 is 5.73 Å². The number of azide groups is 1. The number of primary amides is 1. The molecule has 1 rings (SSSR count). The van der Waals surface area contributed by atoms with E-state index in [1.807, 2.05) is 18.2 Å². The number of nitrogens with zero attached hydrogens (tertiary/aromatic N) is 4. The first-order valence-corrected chi connectivity index (χ1v) is 4.42. The highest BCUT2D eigenvalue weighted by molar-refractivity contribution is 6.02. The van der Waals surface area contributed by atoms with E-state index in [9.17, 15) is 4.79 Å². The van der Waals surface area contributed by atoms with E-state index in [2.05, 4.69) is 20.6 Å². The number of urea groups is 1. The summed E-state index contributed by atoms with van der Waals surface area (Å²) in [6, 6.07) is 8.27. The highest BCUT2D eigenvalue weighted by Crippen LogP contribution is 2.01. The van der Waals surface area contributed by atoms with Crippen molar-refractivity contribution in [2.45, 2.75) is 0 Å².